The predicted octanol–water partition coefficient (Wildman–Crippen LogP) is 5.24. The monoisotopic (exact) mass is 548 g/mol. The van der Waals surface area contributed by atoms with Crippen LogP contribution in [-0.4, -0.2) is 69.2 Å². The first kappa shape index (κ1) is 26.2. The molecule has 5 rings (SSSR count). The van der Waals surface area contributed by atoms with Gasteiger partial charge in [-0.3, -0.25) is 19.4 Å². The Kier molecular flexibility index (Phi) is 7.51. The molecule has 202 valence electrons. The highest BCUT2D eigenvalue weighted by Gasteiger charge is 2.35. The van der Waals surface area contributed by atoms with Gasteiger partial charge in [0.25, 0.3) is 0 Å². The normalized spacial score (nSPS) is 18.7. The molecule has 2 aromatic carbocycles. The van der Waals surface area contributed by atoms with Crippen molar-refractivity contribution in [2.45, 2.75) is 37.8 Å². The molecule has 1 aromatic heterocycles. The molecule has 4 N–H and O–H groups in total. The molecule has 3 heterocycles. The van der Waals surface area contributed by atoms with Crippen LogP contribution in [0.2, 0.25) is 0 Å². The quantitative estimate of drug-likeness (QED) is 0.332. The summed E-state index contributed by atoms with van der Waals surface area (Å²) in [6.07, 6.45) is 0.233. The molecule has 0 aliphatic carbocycles. The number of hydrogen-bond acceptors (Lipinski definition) is 5. The minimum Gasteiger partial charge on any atom is -0.465 e. The summed E-state index contributed by atoms with van der Waals surface area (Å²) in [5.74, 6) is -0.633. The van der Waals surface area contributed by atoms with Crippen LogP contribution >= 0.6 is 11.3 Å². The first-order valence-electron chi connectivity index (χ1n) is 12.7. The van der Waals surface area contributed by atoms with E-state index in [0.717, 1.165) is 20.9 Å². The van der Waals surface area contributed by atoms with E-state index in [-0.39, 0.29) is 11.8 Å². The van der Waals surface area contributed by atoms with E-state index in [1.165, 1.54) is 9.80 Å². The number of carbonyl (C=O) groups is 4. The second kappa shape index (κ2) is 11.2. The number of thiophene rings is 1. The van der Waals surface area contributed by atoms with E-state index in [0.29, 0.717) is 50.1 Å². The number of carbonyl (C=O) groups excluding carboxylic acids is 2. The lowest BCUT2D eigenvalue weighted by molar-refractivity contribution is -0.120. The second-order valence-electron chi connectivity index (χ2n) is 9.57. The number of hydrogen-bond donors (Lipinski definition) is 4. The van der Waals surface area contributed by atoms with Crippen molar-refractivity contribution in [1.82, 2.24) is 9.80 Å². The zero-order valence-electron chi connectivity index (χ0n) is 21.0. The number of likely N-dealkylation sites (tertiary alicyclic amines) is 2. The van der Waals surface area contributed by atoms with Crippen molar-refractivity contribution in [3.8, 4) is 20.9 Å². The minimum atomic E-state index is -1.08. The van der Waals surface area contributed by atoms with Crippen LogP contribution in [0, 0.1) is 0 Å². The molecular weight excluding hydrogens is 520 g/mol. The van der Waals surface area contributed by atoms with E-state index >= 15 is 0 Å². The highest BCUT2D eigenvalue weighted by molar-refractivity contribution is 7.18. The Morgan fingerprint density at radius 2 is 1.03 bits per heavy atom. The van der Waals surface area contributed by atoms with Gasteiger partial charge in [0.15, 0.2) is 0 Å². The van der Waals surface area contributed by atoms with E-state index in [4.69, 9.17) is 0 Å². The Morgan fingerprint density at radius 1 is 0.641 bits per heavy atom. The van der Waals surface area contributed by atoms with Gasteiger partial charge in [0, 0.05) is 34.2 Å². The smallest absolute Gasteiger partial charge is 0.407 e. The van der Waals surface area contributed by atoms with Crippen molar-refractivity contribution < 1.29 is 29.4 Å². The summed E-state index contributed by atoms with van der Waals surface area (Å²) in [6.45, 7) is 0.743. The molecule has 11 heteroatoms. The standard InChI is InChI=1S/C28H28N4O6S/c33-25(21-3-1-15-31(21)27(35)36)29-19-9-5-17(6-10-19)23-13-14-24(39-23)18-7-11-20(12-8-18)30-26(34)22-4-2-16-32(22)28(37)38/h5-14,21-22H,1-4,15-16H2,(H,29,33)(H,30,34)(H,35,36)(H,37,38)/t21-,22-/m0/s1. The number of benzene rings is 2. The zero-order chi connectivity index (χ0) is 27.5. The molecule has 0 spiro atoms. The molecule has 0 unspecified atom stereocenters. The Balaban J connectivity index is 1.20. The molecule has 4 amide bonds. The molecule has 2 fully saturated rings. The third kappa shape index (κ3) is 5.73. The molecule has 2 aliphatic heterocycles. The number of rotatable bonds is 6. The Labute approximate surface area is 228 Å². The SMILES string of the molecule is O=C(Nc1ccc(-c2ccc(-c3ccc(NC(=O)[C@@H]4CCCN4C(=O)O)cc3)s2)cc1)[C@@H]1CCCN1C(=O)O. The molecular formula is C28H28N4O6S. The summed E-state index contributed by atoms with van der Waals surface area (Å²) in [5, 5.41) is 24.2. The van der Waals surface area contributed by atoms with Gasteiger partial charge in [0.1, 0.15) is 12.1 Å². The van der Waals surface area contributed by atoms with Crippen LogP contribution in [0.15, 0.2) is 60.7 Å². The van der Waals surface area contributed by atoms with Gasteiger partial charge in [0.05, 0.1) is 0 Å². The lowest BCUT2D eigenvalue weighted by atomic mass is 10.1. The molecule has 2 aliphatic rings. The van der Waals surface area contributed by atoms with Gasteiger partial charge in [-0.2, -0.15) is 0 Å². The van der Waals surface area contributed by atoms with Gasteiger partial charge < -0.3 is 20.8 Å². The average Bonchev–Trinajstić information content (AvgIpc) is 3.70. The van der Waals surface area contributed by atoms with Gasteiger partial charge in [-0.25, -0.2) is 9.59 Å². The molecule has 3 aromatic rings. The Morgan fingerprint density at radius 3 is 1.38 bits per heavy atom. The largest absolute Gasteiger partial charge is 0.465 e. The maximum atomic E-state index is 12.6. The van der Waals surface area contributed by atoms with Gasteiger partial charge in [0.2, 0.25) is 11.8 Å². The van der Waals surface area contributed by atoms with Gasteiger partial charge in [-0.1, -0.05) is 24.3 Å². The maximum Gasteiger partial charge on any atom is 0.407 e. The molecule has 0 radical (unpaired) electrons. The number of amides is 4. The Hall–Kier alpha value is -4.38. The van der Waals surface area contributed by atoms with Crippen molar-refractivity contribution in [1.29, 1.82) is 0 Å². The zero-order valence-corrected chi connectivity index (χ0v) is 21.8. The third-order valence-corrected chi connectivity index (χ3v) is 8.27. The van der Waals surface area contributed by atoms with E-state index in [1.807, 2.05) is 36.4 Å². The average molecular weight is 549 g/mol. The van der Waals surface area contributed by atoms with Crippen LogP contribution in [0.5, 0.6) is 0 Å². The minimum absolute atomic E-state index is 0.317. The van der Waals surface area contributed by atoms with Crippen LogP contribution in [0.1, 0.15) is 25.7 Å². The van der Waals surface area contributed by atoms with E-state index in [2.05, 4.69) is 10.6 Å². The molecule has 2 saturated heterocycles. The second-order valence-corrected chi connectivity index (χ2v) is 10.6. The van der Waals surface area contributed by atoms with Crippen molar-refractivity contribution in [3.63, 3.8) is 0 Å². The van der Waals surface area contributed by atoms with Crippen LogP contribution in [0.25, 0.3) is 20.9 Å². The number of carboxylic acid groups (broad SMARTS) is 2. The lowest BCUT2D eigenvalue weighted by Gasteiger charge is -2.20. The fraction of sp³-hybridized carbons (Fsp3) is 0.286. The van der Waals surface area contributed by atoms with Crippen LogP contribution in [-0.2, 0) is 9.59 Å². The Bertz CT molecular complexity index is 1280. The van der Waals surface area contributed by atoms with E-state index < -0.39 is 24.3 Å². The summed E-state index contributed by atoms with van der Waals surface area (Å²) < 4.78 is 0. The predicted molar refractivity (Wildman–Crippen MR) is 148 cm³/mol. The summed E-state index contributed by atoms with van der Waals surface area (Å²) in [7, 11) is 0. The topological polar surface area (TPSA) is 139 Å². The maximum absolute atomic E-state index is 12.6. The van der Waals surface area contributed by atoms with E-state index in [1.54, 1.807) is 35.6 Å². The highest BCUT2D eigenvalue weighted by Crippen LogP contribution is 2.35. The highest BCUT2D eigenvalue weighted by atomic mass is 32.1. The summed E-state index contributed by atoms with van der Waals surface area (Å²) in [5.41, 5.74) is 3.19. The van der Waals surface area contributed by atoms with Gasteiger partial charge in [-0.15, -0.1) is 11.3 Å². The third-order valence-electron chi connectivity index (χ3n) is 7.08. The first-order valence-corrected chi connectivity index (χ1v) is 13.5. The van der Waals surface area contributed by atoms with Crippen molar-refractivity contribution in [3.05, 3.63) is 60.7 Å². The van der Waals surface area contributed by atoms with Crippen LogP contribution in [0.4, 0.5) is 21.0 Å². The lowest BCUT2D eigenvalue weighted by Crippen LogP contribution is -2.42. The van der Waals surface area contributed by atoms with Crippen molar-refractivity contribution in [2.24, 2.45) is 0 Å². The molecule has 0 saturated carbocycles. The number of anilines is 2. The molecule has 10 nitrogen and oxygen atoms in total. The van der Waals surface area contributed by atoms with Crippen molar-refractivity contribution in [2.75, 3.05) is 23.7 Å². The fourth-order valence-electron chi connectivity index (χ4n) is 5.07. The summed E-state index contributed by atoms with van der Waals surface area (Å²) in [4.78, 5) is 52.2. The van der Waals surface area contributed by atoms with Gasteiger partial charge >= 0.3 is 12.2 Å². The van der Waals surface area contributed by atoms with Crippen LogP contribution < -0.4 is 10.6 Å². The summed E-state index contributed by atoms with van der Waals surface area (Å²) in [6, 6.07) is 17.6. The molecule has 2 atom stereocenters. The number of nitrogens with one attached hydrogen (secondary N) is 2. The van der Waals surface area contributed by atoms with E-state index in [9.17, 15) is 29.4 Å². The molecule has 0 bridgehead atoms. The fourth-order valence-corrected chi connectivity index (χ4v) is 6.09. The van der Waals surface area contributed by atoms with Crippen LogP contribution in [0.3, 0.4) is 0 Å². The molecule has 39 heavy (non-hydrogen) atoms. The summed E-state index contributed by atoms with van der Waals surface area (Å²) >= 11 is 1.61. The first-order chi connectivity index (χ1) is 18.8. The van der Waals surface area contributed by atoms with Gasteiger partial charge in [-0.05, 0) is 73.2 Å². The number of nitrogens with zero attached hydrogens (tertiary/aromatic N) is 2. The van der Waals surface area contributed by atoms with Crippen molar-refractivity contribution >= 4 is 46.7 Å².